The second-order valence-electron chi connectivity index (χ2n) is 2.89. The molecule has 0 aliphatic carbocycles. The third-order valence-corrected chi connectivity index (χ3v) is 0. The first-order chi connectivity index (χ1) is 12.0. The molecule has 0 aliphatic rings. The Morgan fingerprint density at radius 1 is 0.195 bits per heavy atom. The summed E-state index contributed by atoms with van der Waals surface area (Å²) in [6.45, 7) is 0. The smallest absolute Gasteiger partial charge is 0.857 e. The summed E-state index contributed by atoms with van der Waals surface area (Å²) in [5, 5.41) is 0. The molecule has 0 rings (SSSR count). The van der Waals surface area contributed by atoms with E-state index >= 15 is 0 Å². The Hall–Kier alpha value is 11.4. The van der Waals surface area contributed by atoms with Crippen LogP contribution in [0.4, 0.5) is 24.6 Å². The summed E-state index contributed by atoms with van der Waals surface area (Å²) in [7, 11) is -35.2. The van der Waals surface area contributed by atoms with E-state index in [-0.39, 0.29) is 351 Å². The Labute approximate surface area is 502 Å². The predicted molar refractivity (Wildman–Crippen MR) is 100 cm³/mol. The van der Waals surface area contributed by atoms with Gasteiger partial charge in [0.1, 0.15) is 0 Å². The molecule has 208 valence electrons. The van der Waals surface area contributed by atoms with E-state index in [1.807, 2.05) is 0 Å². The summed E-state index contributed by atoms with van der Waals surface area (Å²) in [6.07, 6.45) is 0. The minimum atomic E-state index is -5.86. The van der Waals surface area contributed by atoms with Crippen LogP contribution in [0.2, 0.25) is 0 Å². The van der Waals surface area contributed by atoms with E-state index in [1.165, 1.54) is 0 Å². The Morgan fingerprint density at radius 3 is 0.195 bits per heavy atom. The Bertz CT molecular complexity index is 260. The zero-order chi connectivity index (χ0) is 27.0. The maximum absolute atomic E-state index is 10.2. The third-order valence-electron chi connectivity index (χ3n) is 0. The normalized spacial score (nSPS) is 8.78. The monoisotopic (exact) mass is 965 g/mol. The van der Waals surface area contributed by atoms with Crippen LogP contribution in [0.5, 0.6) is 0 Å². The van der Waals surface area contributed by atoms with Gasteiger partial charge in [-0.1, -0.05) is 54.8 Å². The molecule has 0 aromatic carbocycles. The van der Waals surface area contributed by atoms with Crippen LogP contribution in [0.25, 0.3) is 0 Å². The molecule has 0 aromatic rings. The van der Waals surface area contributed by atoms with Gasteiger partial charge in [0.25, 0.3) is 0 Å². The van der Waals surface area contributed by atoms with Crippen LogP contribution in [0.15, 0.2) is 0 Å². The van der Waals surface area contributed by atoms with Crippen molar-refractivity contribution < 1.29 is 122 Å². The summed E-state index contributed by atoms with van der Waals surface area (Å²) >= 11 is 0. The zero-order valence-electron chi connectivity index (χ0n) is 20.0. The largest absolute Gasteiger partial charge is 2.00 e. The van der Waals surface area contributed by atoms with Gasteiger partial charge in [-0.2, -0.15) is 0 Å². The van der Waals surface area contributed by atoms with E-state index in [4.69, 9.17) is 86.3 Å². The molecule has 4 N–H and O–H groups in total. The van der Waals surface area contributed by atoms with Crippen molar-refractivity contribution >= 4 is 394 Å². The average Bonchev–Trinajstić information content (AvgIpc) is 1.94. The summed E-state index contributed by atoms with van der Waals surface area (Å²) in [5.41, 5.74) is 0. The van der Waals surface area contributed by atoms with Crippen LogP contribution in [-0.4, -0.2) is 405 Å². The topological polar surface area (TPSA) is 478 Å². The van der Waals surface area contributed by atoms with Crippen LogP contribution in [0.3, 0.4) is 0 Å². The summed E-state index contributed by atoms with van der Waals surface area (Å²) in [6, 6.07) is 0. The van der Waals surface area contributed by atoms with Crippen LogP contribution < -0.4 is 86.3 Å². The van der Waals surface area contributed by atoms with Gasteiger partial charge < -0.3 is 122 Å². The van der Waals surface area contributed by atoms with Gasteiger partial charge >= 0.3 is 340 Å². The van der Waals surface area contributed by atoms with Crippen molar-refractivity contribution in [1.82, 2.24) is 0 Å². The zero-order valence-corrected chi connectivity index (χ0v) is 45.9. The second kappa shape index (κ2) is 58.1. The molecule has 0 aliphatic heterocycles. The minimum Gasteiger partial charge on any atom is -0.857 e. The first-order valence-corrected chi connectivity index (χ1v) is 14.4. The van der Waals surface area contributed by atoms with E-state index in [2.05, 4.69) is 0 Å². The van der Waals surface area contributed by atoms with E-state index in [0.29, 0.717) is 0 Å². The molecule has 41 heteroatoms. The number of hydrogen-bond donors (Lipinski definition) is 0. The predicted octanol–water partition coefficient (Wildman–Crippen LogP) is -26.2. The Morgan fingerprint density at radius 2 is 0.195 bits per heavy atom. The molecule has 0 spiro atoms. The molecular weight excluding hydrogens is 963 g/mol. The first-order valence-electron chi connectivity index (χ1n) is 4.81. The molecule has 0 heterocycles. The summed E-state index contributed by atoms with van der Waals surface area (Å²) in [4.78, 5) is 152. The Balaban J connectivity index is -0.0000000107. The first kappa shape index (κ1) is 110. The van der Waals surface area contributed by atoms with Crippen molar-refractivity contribution in [2.24, 2.45) is 0 Å². The molecule has 20 nitrogen and oxygen atoms in total. The van der Waals surface area contributed by atoms with Crippen molar-refractivity contribution in [3.63, 3.8) is 0 Å². The average molecular weight is 967 g/mol. The van der Waals surface area contributed by atoms with Gasteiger partial charge in [-0.3, -0.25) is 0 Å². The summed E-state index contributed by atoms with van der Waals surface area (Å²) in [5.74, 6) is 0. The second-order valence-corrected chi connectivity index (χ2v) is 8.67. The minimum absolute atomic E-state index is 0. The van der Waals surface area contributed by atoms with Gasteiger partial charge in [0, 0.05) is 0 Å². The fourth-order valence-electron chi connectivity index (χ4n) is 0. The van der Waals surface area contributed by atoms with E-state index in [1.54, 1.807) is 0 Å². The quantitative estimate of drug-likeness (QED) is 0.124. The molecule has 0 radical (unpaired) electrons. The van der Waals surface area contributed by atoms with Crippen molar-refractivity contribution in [1.29, 1.82) is 0 Å². The molecule has 41 heavy (non-hydrogen) atoms. The molecule has 0 atom stereocenters. The maximum atomic E-state index is 10.2. The molecule has 0 saturated heterocycles. The molecule has 0 saturated carbocycles. The van der Waals surface area contributed by atoms with Crippen LogP contribution in [0.1, 0.15) is 0 Å². The Kier molecular flexibility index (Phi) is 157. The van der Waals surface area contributed by atoms with Crippen molar-refractivity contribution in [3.8, 4) is 0 Å². The molecule has 0 bridgehead atoms. The van der Waals surface area contributed by atoms with Crippen LogP contribution in [0, 0.1) is 0 Å². The van der Waals surface area contributed by atoms with E-state index < -0.39 is 54.8 Å². The molecule has 0 amide bonds. The van der Waals surface area contributed by atoms with Gasteiger partial charge in [-0.25, -0.2) is 0 Å². The summed E-state index contributed by atoms with van der Waals surface area (Å²) < 4.78 is 61.0. The van der Waals surface area contributed by atoms with E-state index in [9.17, 15) is 24.6 Å². The SMILES string of the molecule is O.O.[Ca+2].[Ca+2].[Ca+2].[Ca+2].[Ca+2].[Ca+2].[Ca+2].[Ca+2].[Ca+2].[O-][Si]([O-])([O-])F.[O-][Si]([O-])([O-])F.[O-][Si]([O-])([O-])F.[O-][Si]([O-])([O-])F.[O-][Si]([O-])([O-])F.[O-][Si]([O-])([O-])F. The number of hydrogen-bond acceptors (Lipinski definition) is 18. The number of rotatable bonds is 0. The fraction of sp³-hybridized carbons (Fsp3) is 0. The standard InChI is InChI=1S/9Ca.6FO3Si.2H2O/c;;;;;;;;;6*1-5(2,3)4;;/h;;;;;;;;;;;;;;;2*1H2/q9*+2;6*-3;;. The van der Waals surface area contributed by atoms with Gasteiger partial charge in [0.05, 0.1) is 0 Å². The molecular formula is H4Ca9F6O20Si6. The molecule has 0 fully saturated rings. The van der Waals surface area contributed by atoms with E-state index in [0.717, 1.165) is 0 Å². The van der Waals surface area contributed by atoms with Crippen LogP contribution in [-0.2, 0) is 0 Å². The van der Waals surface area contributed by atoms with Crippen molar-refractivity contribution in [2.45, 2.75) is 0 Å². The fourth-order valence-corrected chi connectivity index (χ4v) is 0. The third kappa shape index (κ3) is 963. The van der Waals surface area contributed by atoms with Crippen molar-refractivity contribution in [2.75, 3.05) is 0 Å². The maximum Gasteiger partial charge on any atom is 2.00 e. The van der Waals surface area contributed by atoms with Gasteiger partial charge in [-0.05, 0) is 0 Å². The molecule has 0 aromatic heterocycles. The number of halogens is 6. The van der Waals surface area contributed by atoms with Crippen LogP contribution >= 0.6 is 0 Å². The van der Waals surface area contributed by atoms with Crippen molar-refractivity contribution in [3.05, 3.63) is 0 Å². The van der Waals surface area contributed by atoms with Gasteiger partial charge in [-0.15, -0.1) is 0 Å². The van der Waals surface area contributed by atoms with Gasteiger partial charge in [0.2, 0.25) is 0 Å². The molecule has 0 unspecified atom stereocenters. The van der Waals surface area contributed by atoms with Gasteiger partial charge in [0.15, 0.2) is 0 Å².